The first-order valence-corrected chi connectivity index (χ1v) is 8.38. The normalized spacial score (nSPS) is 16.8. The summed E-state index contributed by atoms with van der Waals surface area (Å²) in [7, 11) is 0. The Morgan fingerprint density at radius 1 is 1.26 bits per heavy atom. The molecule has 0 spiro atoms. The highest BCUT2D eigenvalue weighted by Gasteiger charge is 2.29. The van der Waals surface area contributed by atoms with Crippen molar-refractivity contribution in [2.24, 2.45) is 10.9 Å². The highest BCUT2D eigenvalue weighted by Crippen LogP contribution is 2.20. The van der Waals surface area contributed by atoms with Crippen LogP contribution in [0.5, 0.6) is 0 Å². The topological polar surface area (TPSA) is 106 Å². The molecule has 3 rings (SSSR count). The molecule has 7 nitrogen and oxygen atoms in total. The van der Waals surface area contributed by atoms with Gasteiger partial charge in [0.1, 0.15) is 5.82 Å². The van der Waals surface area contributed by atoms with Crippen LogP contribution in [0.1, 0.15) is 30.5 Å². The van der Waals surface area contributed by atoms with Gasteiger partial charge in [-0.05, 0) is 36.8 Å². The fraction of sp³-hybridized carbons (Fsp3) is 0.211. The fourth-order valence-electron chi connectivity index (χ4n) is 2.74. The standard InChI is InChI=1S/C19H19FN4O3/c1-11(12-5-7-15(8-6-12)23-19(21)26)22-18(25)17-10-16(24-27-17)13-3-2-4-14(20)9-13/h2-9,11,17H,10H2,1H3,(H,22,25)(H3,21,23,26). The van der Waals surface area contributed by atoms with Gasteiger partial charge in [-0.1, -0.05) is 29.4 Å². The second-order valence-electron chi connectivity index (χ2n) is 6.19. The number of carbonyl (C=O) groups excluding carboxylic acids is 2. The van der Waals surface area contributed by atoms with Crippen LogP contribution in [0.15, 0.2) is 53.7 Å². The van der Waals surface area contributed by atoms with Crippen molar-refractivity contribution in [2.45, 2.75) is 25.5 Å². The predicted octanol–water partition coefficient (Wildman–Crippen LogP) is 2.69. The molecule has 0 aromatic heterocycles. The molecule has 0 radical (unpaired) electrons. The summed E-state index contributed by atoms with van der Waals surface area (Å²) < 4.78 is 13.3. The lowest BCUT2D eigenvalue weighted by molar-refractivity contribution is -0.131. The second kappa shape index (κ2) is 7.86. The van der Waals surface area contributed by atoms with Crippen LogP contribution in [0, 0.1) is 5.82 Å². The average Bonchev–Trinajstić information content (AvgIpc) is 3.12. The molecule has 0 saturated carbocycles. The Labute approximate surface area is 155 Å². The fourth-order valence-corrected chi connectivity index (χ4v) is 2.74. The lowest BCUT2D eigenvalue weighted by Gasteiger charge is -2.17. The van der Waals surface area contributed by atoms with Crippen molar-refractivity contribution in [1.82, 2.24) is 5.32 Å². The largest absolute Gasteiger partial charge is 0.382 e. The van der Waals surface area contributed by atoms with Crippen molar-refractivity contribution >= 4 is 23.3 Å². The zero-order valence-electron chi connectivity index (χ0n) is 14.6. The number of carbonyl (C=O) groups is 2. The third-order valence-corrected chi connectivity index (χ3v) is 4.16. The first-order valence-electron chi connectivity index (χ1n) is 8.38. The second-order valence-corrected chi connectivity index (χ2v) is 6.19. The number of hydrogen-bond donors (Lipinski definition) is 3. The number of oxime groups is 1. The van der Waals surface area contributed by atoms with Crippen LogP contribution < -0.4 is 16.4 Å². The molecule has 0 bridgehead atoms. The van der Waals surface area contributed by atoms with E-state index in [1.807, 2.05) is 6.92 Å². The predicted molar refractivity (Wildman–Crippen MR) is 98.6 cm³/mol. The van der Waals surface area contributed by atoms with E-state index < -0.39 is 12.1 Å². The molecular weight excluding hydrogens is 351 g/mol. The number of primary amides is 1. The summed E-state index contributed by atoms with van der Waals surface area (Å²) in [6.45, 7) is 1.83. The molecule has 1 aliphatic rings. The quantitative estimate of drug-likeness (QED) is 0.753. The number of hydrogen-bond acceptors (Lipinski definition) is 4. The zero-order chi connectivity index (χ0) is 19.4. The van der Waals surface area contributed by atoms with Gasteiger partial charge in [-0.2, -0.15) is 0 Å². The number of nitrogens with two attached hydrogens (primary N) is 1. The van der Waals surface area contributed by atoms with Gasteiger partial charge >= 0.3 is 6.03 Å². The third kappa shape index (κ3) is 4.60. The van der Waals surface area contributed by atoms with Gasteiger partial charge in [-0.15, -0.1) is 0 Å². The highest BCUT2D eigenvalue weighted by atomic mass is 19.1. The van der Waals surface area contributed by atoms with Gasteiger partial charge in [-0.25, -0.2) is 9.18 Å². The number of halogens is 1. The summed E-state index contributed by atoms with van der Waals surface area (Å²) in [6, 6.07) is 12.0. The van der Waals surface area contributed by atoms with E-state index in [0.29, 0.717) is 17.0 Å². The van der Waals surface area contributed by atoms with Crippen LogP contribution in [-0.4, -0.2) is 23.8 Å². The van der Waals surface area contributed by atoms with E-state index in [2.05, 4.69) is 15.8 Å². The Morgan fingerprint density at radius 2 is 2.00 bits per heavy atom. The highest BCUT2D eigenvalue weighted by molar-refractivity contribution is 6.04. The van der Waals surface area contributed by atoms with Crippen molar-refractivity contribution in [1.29, 1.82) is 0 Å². The Kier molecular flexibility index (Phi) is 5.35. The van der Waals surface area contributed by atoms with Crippen LogP contribution in [0.4, 0.5) is 14.9 Å². The van der Waals surface area contributed by atoms with E-state index in [9.17, 15) is 14.0 Å². The molecule has 0 aliphatic carbocycles. The molecule has 1 heterocycles. The Hall–Kier alpha value is -3.42. The number of urea groups is 1. The van der Waals surface area contributed by atoms with Crippen molar-refractivity contribution in [2.75, 3.05) is 5.32 Å². The summed E-state index contributed by atoms with van der Waals surface area (Å²) in [5.74, 6) is -0.678. The van der Waals surface area contributed by atoms with Gasteiger partial charge in [0.15, 0.2) is 0 Å². The molecule has 0 fully saturated rings. The SMILES string of the molecule is CC(NC(=O)C1CC(c2cccc(F)c2)=NO1)c1ccc(NC(N)=O)cc1. The molecule has 140 valence electrons. The summed E-state index contributed by atoms with van der Waals surface area (Å²) in [6.07, 6.45) is -0.495. The number of anilines is 1. The van der Waals surface area contributed by atoms with E-state index in [0.717, 1.165) is 5.56 Å². The first kappa shape index (κ1) is 18.4. The van der Waals surface area contributed by atoms with Gasteiger partial charge in [0.05, 0.1) is 11.8 Å². The summed E-state index contributed by atoms with van der Waals surface area (Å²) >= 11 is 0. The molecule has 1 aliphatic heterocycles. The van der Waals surface area contributed by atoms with Crippen molar-refractivity contribution in [3.05, 3.63) is 65.5 Å². The van der Waals surface area contributed by atoms with E-state index in [-0.39, 0.29) is 24.2 Å². The van der Waals surface area contributed by atoms with Crippen LogP contribution in [0.3, 0.4) is 0 Å². The minimum Gasteiger partial charge on any atom is -0.382 e. The van der Waals surface area contributed by atoms with E-state index in [1.165, 1.54) is 12.1 Å². The Bertz CT molecular complexity index is 883. The van der Waals surface area contributed by atoms with Crippen LogP contribution in [-0.2, 0) is 9.63 Å². The number of amides is 3. The third-order valence-electron chi connectivity index (χ3n) is 4.16. The van der Waals surface area contributed by atoms with Crippen LogP contribution >= 0.6 is 0 Å². The maximum absolute atomic E-state index is 13.3. The van der Waals surface area contributed by atoms with E-state index in [4.69, 9.17) is 10.6 Å². The Balaban J connectivity index is 1.57. The molecular formula is C19H19FN4O3. The van der Waals surface area contributed by atoms with Crippen molar-refractivity contribution in [3.63, 3.8) is 0 Å². The van der Waals surface area contributed by atoms with Gasteiger partial charge < -0.3 is 21.2 Å². The molecule has 4 N–H and O–H groups in total. The van der Waals surface area contributed by atoms with E-state index >= 15 is 0 Å². The Morgan fingerprint density at radius 3 is 2.67 bits per heavy atom. The van der Waals surface area contributed by atoms with Crippen LogP contribution in [0.2, 0.25) is 0 Å². The minimum absolute atomic E-state index is 0.267. The van der Waals surface area contributed by atoms with E-state index in [1.54, 1.807) is 36.4 Å². The number of benzene rings is 2. The van der Waals surface area contributed by atoms with Gasteiger partial charge in [0.25, 0.3) is 5.91 Å². The summed E-state index contributed by atoms with van der Waals surface area (Å²) in [5, 5.41) is 9.23. The summed E-state index contributed by atoms with van der Waals surface area (Å²) in [5.41, 5.74) is 7.61. The lowest BCUT2D eigenvalue weighted by Crippen LogP contribution is -2.36. The number of nitrogens with one attached hydrogen (secondary N) is 2. The van der Waals surface area contributed by atoms with Crippen LogP contribution in [0.25, 0.3) is 0 Å². The number of rotatable bonds is 5. The molecule has 0 saturated heterocycles. The minimum atomic E-state index is -0.762. The average molecular weight is 370 g/mol. The van der Waals surface area contributed by atoms with Gasteiger partial charge in [0, 0.05) is 17.7 Å². The maximum atomic E-state index is 13.3. The maximum Gasteiger partial charge on any atom is 0.316 e. The lowest BCUT2D eigenvalue weighted by atomic mass is 10.0. The van der Waals surface area contributed by atoms with Crippen molar-refractivity contribution < 1.29 is 18.8 Å². The van der Waals surface area contributed by atoms with Gasteiger partial charge in [-0.3, -0.25) is 4.79 Å². The molecule has 27 heavy (non-hydrogen) atoms. The zero-order valence-corrected chi connectivity index (χ0v) is 14.6. The molecule has 2 atom stereocenters. The summed E-state index contributed by atoms with van der Waals surface area (Å²) in [4.78, 5) is 28.5. The molecule has 2 unspecified atom stereocenters. The van der Waals surface area contributed by atoms with Gasteiger partial charge in [0.2, 0.25) is 6.10 Å². The molecule has 2 aromatic carbocycles. The number of nitrogens with zero attached hydrogens (tertiary/aromatic N) is 1. The van der Waals surface area contributed by atoms with Crippen molar-refractivity contribution in [3.8, 4) is 0 Å². The molecule has 3 amide bonds. The molecule has 8 heteroatoms. The first-order chi connectivity index (χ1) is 12.9. The smallest absolute Gasteiger partial charge is 0.316 e. The molecule has 2 aromatic rings. The monoisotopic (exact) mass is 370 g/mol.